The molecule has 0 amide bonds. The Balaban J connectivity index is 1.29. The van der Waals surface area contributed by atoms with E-state index in [0.29, 0.717) is 12.0 Å². The molecule has 1 aliphatic carbocycles. The first kappa shape index (κ1) is 15.7. The summed E-state index contributed by atoms with van der Waals surface area (Å²) in [5.41, 5.74) is 1.19. The number of hydrogen-bond acceptors (Lipinski definition) is 5. The second-order valence-electron chi connectivity index (χ2n) is 7.44. The number of imidazole rings is 2. The van der Waals surface area contributed by atoms with Crippen LogP contribution in [-0.2, 0) is 13.1 Å². The highest BCUT2D eigenvalue weighted by Crippen LogP contribution is 2.40. The van der Waals surface area contributed by atoms with Crippen LogP contribution in [0.2, 0.25) is 0 Å². The number of likely N-dealkylation sites (tertiary alicyclic amines) is 1. The zero-order valence-corrected chi connectivity index (χ0v) is 14.8. The number of aromatic nitrogens is 7. The molecule has 1 N–H and O–H groups in total. The molecule has 136 valence electrons. The van der Waals surface area contributed by atoms with E-state index >= 15 is 0 Å². The van der Waals surface area contributed by atoms with Gasteiger partial charge in [0.15, 0.2) is 5.82 Å². The second kappa shape index (κ2) is 6.68. The van der Waals surface area contributed by atoms with E-state index in [2.05, 4.69) is 39.2 Å². The normalized spacial score (nSPS) is 19.2. The summed E-state index contributed by atoms with van der Waals surface area (Å²) < 4.78 is 4.49. The summed E-state index contributed by atoms with van der Waals surface area (Å²) in [6, 6.07) is 0.599. The quantitative estimate of drug-likeness (QED) is 0.733. The molecule has 1 saturated heterocycles. The molecule has 0 unspecified atom stereocenters. The van der Waals surface area contributed by atoms with Gasteiger partial charge in [0.1, 0.15) is 5.82 Å². The fourth-order valence-electron chi connectivity index (χ4n) is 3.96. The van der Waals surface area contributed by atoms with Crippen molar-refractivity contribution in [1.29, 1.82) is 0 Å². The minimum atomic E-state index is 0.512. The third-order valence-corrected chi connectivity index (χ3v) is 5.49. The van der Waals surface area contributed by atoms with E-state index < -0.39 is 0 Å². The van der Waals surface area contributed by atoms with Crippen LogP contribution in [0.5, 0.6) is 0 Å². The topological polar surface area (TPSA) is 80.5 Å². The number of piperidine rings is 1. The minimum absolute atomic E-state index is 0.512. The van der Waals surface area contributed by atoms with E-state index in [0.717, 1.165) is 44.8 Å². The summed E-state index contributed by atoms with van der Waals surface area (Å²) in [4.78, 5) is 13.9. The van der Waals surface area contributed by atoms with Crippen LogP contribution in [0.15, 0.2) is 31.2 Å². The van der Waals surface area contributed by atoms with Crippen molar-refractivity contribution >= 4 is 0 Å². The van der Waals surface area contributed by atoms with Crippen LogP contribution in [0, 0.1) is 0 Å². The molecule has 2 aliphatic rings. The van der Waals surface area contributed by atoms with E-state index in [9.17, 15) is 0 Å². The number of aromatic amines is 1. The summed E-state index contributed by atoms with van der Waals surface area (Å²) >= 11 is 0. The lowest BCUT2D eigenvalue weighted by atomic mass is 9.95. The first-order valence-corrected chi connectivity index (χ1v) is 9.46. The molecule has 1 saturated carbocycles. The van der Waals surface area contributed by atoms with E-state index in [-0.39, 0.29) is 0 Å². The van der Waals surface area contributed by atoms with Gasteiger partial charge in [-0.1, -0.05) is 0 Å². The zero-order chi connectivity index (χ0) is 17.3. The van der Waals surface area contributed by atoms with Crippen LogP contribution in [0.4, 0.5) is 0 Å². The molecule has 0 atom stereocenters. The molecule has 8 nitrogen and oxygen atoms in total. The second-order valence-corrected chi connectivity index (χ2v) is 7.44. The van der Waals surface area contributed by atoms with Crippen molar-refractivity contribution in [1.82, 2.24) is 39.2 Å². The Morgan fingerprint density at radius 3 is 2.62 bits per heavy atom. The van der Waals surface area contributed by atoms with Crippen LogP contribution in [-0.4, -0.2) is 52.3 Å². The van der Waals surface area contributed by atoms with E-state index in [1.807, 2.05) is 24.9 Å². The van der Waals surface area contributed by atoms with Gasteiger partial charge in [-0.2, -0.15) is 0 Å². The smallest absolute Gasteiger partial charge is 0.153 e. The van der Waals surface area contributed by atoms with Gasteiger partial charge in [0.25, 0.3) is 0 Å². The van der Waals surface area contributed by atoms with Crippen LogP contribution >= 0.6 is 0 Å². The Labute approximate surface area is 152 Å². The van der Waals surface area contributed by atoms with Gasteiger partial charge >= 0.3 is 0 Å². The maximum Gasteiger partial charge on any atom is 0.153 e. The van der Waals surface area contributed by atoms with Crippen molar-refractivity contribution in [3.63, 3.8) is 0 Å². The van der Waals surface area contributed by atoms with Crippen molar-refractivity contribution in [3.05, 3.63) is 48.6 Å². The lowest BCUT2D eigenvalue weighted by Crippen LogP contribution is -2.33. The number of hydrogen-bond donors (Lipinski definition) is 1. The standard InChI is InChI=1S/C18H24N8/c1-2-16(1)26-17(11-25-8-5-19-13-25)22-23-18(26)14-3-6-24(7-4-14)10-15-9-20-12-21-15/h5,8-9,12-14,16H,1-4,6-7,10-11H2,(H,20,21). The molecule has 0 radical (unpaired) electrons. The molecule has 1 aliphatic heterocycles. The number of nitrogens with one attached hydrogen (secondary N) is 1. The molecule has 2 fully saturated rings. The fourth-order valence-corrected chi connectivity index (χ4v) is 3.96. The predicted molar refractivity (Wildman–Crippen MR) is 95.5 cm³/mol. The molecule has 0 spiro atoms. The molecular weight excluding hydrogens is 328 g/mol. The maximum atomic E-state index is 4.63. The van der Waals surface area contributed by atoms with Crippen LogP contribution < -0.4 is 0 Å². The molecule has 3 aromatic rings. The largest absolute Gasteiger partial charge is 0.347 e. The summed E-state index contributed by atoms with van der Waals surface area (Å²) in [5, 5.41) is 9.17. The van der Waals surface area contributed by atoms with Crippen molar-refractivity contribution in [2.45, 2.75) is 50.7 Å². The first-order chi connectivity index (χ1) is 12.9. The van der Waals surface area contributed by atoms with E-state index in [4.69, 9.17) is 0 Å². The summed E-state index contributed by atoms with van der Waals surface area (Å²) in [6.07, 6.45) is 14.1. The van der Waals surface area contributed by atoms with Crippen LogP contribution in [0.25, 0.3) is 0 Å². The molecule has 0 bridgehead atoms. The average molecular weight is 352 g/mol. The Hall–Kier alpha value is -2.48. The Kier molecular flexibility index (Phi) is 4.05. The van der Waals surface area contributed by atoms with Crippen LogP contribution in [0.1, 0.15) is 55.0 Å². The molecule has 0 aromatic carbocycles. The number of rotatable bonds is 6. The third kappa shape index (κ3) is 3.16. The summed E-state index contributed by atoms with van der Waals surface area (Å²) in [6.45, 7) is 3.90. The van der Waals surface area contributed by atoms with Gasteiger partial charge in [-0.3, -0.25) is 4.90 Å². The molecular formula is C18H24N8. The average Bonchev–Trinajstić information content (AvgIpc) is 3.07. The lowest BCUT2D eigenvalue weighted by molar-refractivity contribution is 0.198. The Morgan fingerprint density at radius 1 is 1.04 bits per heavy atom. The van der Waals surface area contributed by atoms with Crippen molar-refractivity contribution in [3.8, 4) is 0 Å². The maximum absolute atomic E-state index is 4.63. The first-order valence-electron chi connectivity index (χ1n) is 9.46. The van der Waals surface area contributed by atoms with Gasteiger partial charge in [-0.15, -0.1) is 10.2 Å². The van der Waals surface area contributed by atoms with Crippen molar-refractivity contribution in [2.75, 3.05) is 13.1 Å². The molecule has 8 heteroatoms. The highest BCUT2D eigenvalue weighted by molar-refractivity contribution is 5.09. The van der Waals surface area contributed by atoms with E-state index in [1.165, 1.54) is 24.4 Å². The number of H-pyrrole nitrogens is 1. The monoisotopic (exact) mass is 352 g/mol. The zero-order valence-electron chi connectivity index (χ0n) is 14.8. The van der Waals surface area contributed by atoms with Gasteiger partial charge in [-0.25, -0.2) is 9.97 Å². The Morgan fingerprint density at radius 2 is 1.92 bits per heavy atom. The fraction of sp³-hybridized carbons (Fsp3) is 0.556. The van der Waals surface area contributed by atoms with Gasteiger partial charge in [0.05, 0.1) is 19.2 Å². The molecule has 4 heterocycles. The van der Waals surface area contributed by atoms with Crippen molar-refractivity contribution in [2.24, 2.45) is 0 Å². The summed E-state index contributed by atoms with van der Waals surface area (Å²) in [7, 11) is 0. The third-order valence-electron chi connectivity index (χ3n) is 5.49. The Bertz CT molecular complexity index is 823. The van der Waals surface area contributed by atoms with Gasteiger partial charge in [-0.05, 0) is 38.8 Å². The van der Waals surface area contributed by atoms with Crippen LogP contribution in [0.3, 0.4) is 0 Å². The van der Waals surface area contributed by atoms with Gasteiger partial charge in [0.2, 0.25) is 0 Å². The number of nitrogens with zero attached hydrogens (tertiary/aromatic N) is 7. The minimum Gasteiger partial charge on any atom is -0.347 e. The predicted octanol–water partition coefficient (Wildman–Crippen LogP) is 1.96. The highest BCUT2D eigenvalue weighted by atomic mass is 15.3. The van der Waals surface area contributed by atoms with Crippen molar-refractivity contribution < 1.29 is 0 Å². The SMILES string of the molecule is c1cn(Cc2nnc(C3CCN(Cc4cnc[nH]4)CC3)n2C2CC2)cn1. The molecule has 3 aromatic heterocycles. The van der Waals surface area contributed by atoms with E-state index in [1.54, 1.807) is 6.33 Å². The lowest BCUT2D eigenvalue weighted by Gasteiger charge is -2.31. The van der Waals surface area contributed by atoms with Gasteiger partial charge < -0.3 is 14.1 Å². The van der Waals surface area contributed by atoms with Gasteiger partial charge in [0, 0.05) is 42.8 Å². The molecule has 5 rings (SSSR count). The summed E-state index contributed by atoms with van der Waals surface area (Å²) in [5.74, 6) is 2.78. The molecule has 26 heavy (non-hydrogen) atoms. The highest BCUT2D eigenvalue weighted by Gasteiger charge is 2.33.